The van der Waals surface area contributed by atoms with Crippen molar-refractivity contribution in [1.29, 1.82) is 0 Å². The second-order valence-corrected chi connectivity index (χ2v) is 7.74. The van der Waals surface area contributed by atoms with Crippen LogP contribution in [0.25, 0.3) is 0 Å². The van der Waals surface area contributed by atoms with Crippen LogP contribution in [0.5, 0.6) is 0 Å². The lowest BCUT2D eigenvalue weighted by atomic mass is 9.74. The van der Waals surface area contributed by atoms with E-state index in [9.17, 15) is 14.0 Å². The summed E-state index contributed by atoms with van der Waals surface area (Å²) in [6.45, 7) is 1.52. The first-order valence-corrected chi connectivity index (χ1v) is 10.0. The minimum Gasteiger partial charge on any atom is -0.381 e. The first-order chi connectivity index (χ1) is 13.1. The molecule has 27 heavy (non-hydrogen) atoms. The maximum atomic E-state index is 13.3. The number of nitrogens with one attached hydrogen (secondary N) is 2. The van der Waals surface area contributed by atoms with Crippen LogP contribution in [0.1, 0.15) is 56.9 Å². The molecule has 1 aromatic carbocycles. The van der Waals surface area contributed by atoms with Crippen molar-refractivity contribution >= 4 is 11.8 Å². The highest BCUT2D eigenvalue weighted by atomic mass is 19.1. The number of carbonyl (C=O) groups is 2. The van der Waals surface area contributed by atoms with Gasteiger partial charge in [-0.25, -0.2) is 4.39 Å². The van der Waals surface area contributed by atoms with Crippen molar-refractivity contribution in [1.82, 2.24) is 10.6 Å². The van der Waals surface area contributed by atoms with E-state index in [-0.39, 0.29) is 17.3 Å². The number of ether oxygens (including phenoxy) is 1. The molecular weight excluding hydrogens is 347 g/mol. The average molecular weight is 376 g/mol. The molecule has 0 atom stereocenters. The number of rotatable bonds is 4. The lowest BCUT2D eigenvalue weighted by Gasteiger charge is -2.38. The van der Waals surface area contributed by atoms with Crippen LogP contribution in [0.4, 0.5) is 4.39 Å². The Labute approximate surface area is 160 Å². The molecule has 2 fully saturated rings. The van der Waals surface area contributed by atoms with E-state index < -0.39 is 11.8 Å². The fraction of sp³-hybridized carbons (Fsp3) is 0.619. The summed E-state index contributed by atoms with van der Waals surface area (Å²) in [6, 6.07) is 6.50. The average Bonchev–Trinajstić information content (AvgIpc) is 2.96. The highest BCUT2D eigenvalue weighted by molar-refractivity contribution is 6.35. The predicted octanol–water partition coefficient (Wildman–Crippen LogP) is 2.83. The molecule has 1 aliphatic carbocycles. The Morgan fingerprint density at radius 1 is 1.00 bits per heavy atom. The third-order valence-corrected chi connectivity index (χ3v) is 5.89. The quantitative estimate of drug-likeness (QED) is 0.627. The number of amides is 2. The van der Waals surface area contributed by atoms with Gasteiger partial charge in [-0.1, -0.05) is 37.8 Å². The van der Waals surface area contributed by atoms with Crippen LogP contribution in [0.3, 0.4) is 0 Å². The molecule has 6 heteroatoms. The fourth-order valence-corrected chi connectivity index (χ4v) is 4.14. The van der Waals surface area contributed by atoms with Gasteiger partial charge in [-0.2, -0.15) is 0 Å². The zero-order chi connectivity index (χ0) is 19.1. The molecular formula is C21H29FN2O3. The summed E-state index contributed by atoms with van der Waals surface area (Å²) in [5.41, 5.74) is 0.640. The standard InChI is InChI=1S/C21H29FN2O3/c22-17-9-7-16(8-10-17)21(11-13-27-14-12-21)15-23-19(25)20(26)24-18-5-3-1-2-4-6-18/h7-10,18H,1-6,11-15H2,(H,23,25)(H,24,26). The predicted molar refractivity (Wildman–Crippen MR) is 101 cm³/mol. The van der Waals surface area contributed by atoms with Crippen LogP contribution < -0.4 is 10.6 Å². The van der Waals surface area contributed by atoms with E-state index in [0.717, 1.165) is 44.1 Å². The van der Waals surface area contributed by atoms with Gasteiger partial charge in [0.05, 0.1) is 0 Å². The maximum absolute atomic E-state index is 13.3. The first-order valence-electron chi connectivity index (χ1n) is 10.0. The maximum Gasteiger partial charge on any atom is 0.309 e. The Bertz CT molecular complexity index is 633. The van der Waals surface area contributed by atoms with Crippen molar-refractivity contribution in [2.45, 2.75) is 62.8 Å². The van der Waals surface area contributed by atoms with Crippen molar-refractivity contribution in [3.8, 4) is 0 Å². The summed E-state index contributed by atoms with van der Waals surface area (Å²) in [5.74, 6) is -1.43. The molecule has 2 amide bonds. The molecule has 3 rings (SSSR count). The van der Waals surface area contributed by atoms with Gasteiger partial charge < -0.3 is 15.4 Å². The summed E-state index contributed by atoms with van der Waals surface area (Å²) >= 11 is 0. The van der Waals surface area contributed by atoms with Crippen LogP contribution in [0.2, 0.25) is 0 Å². The Balaban J connectivity index is 1.60. The molecule has 0 spiro atoms. The van der Waals surface area contributed by atoms with Crippen LogP contribution in [0.15, 0.2) is 24.3 Å². The van der Waals surface area contributed by atoms with Gasteiger partial charge >= 0.3 is 11.8 Å². The highest BCUT2D eigenvalue weighted by Gasteiger charge is 2.35. The molecule has 1 aromatic rings. The van der Waals surface area contributed by atoms with E-state index in [2.05, 4.69) is 10.6 Å². The van der Waals surface area contributed by atoms with E-state index in [1.54, 1.807) is 12.1 Å². The molecule has 0 radical (unpaired) electrons. The van der Waals surface area contributed by atoms with Gasteiger partial charge in [-0.15, -0.1) is 0 Å². The summed E-state index contributed by atoms with van der Waals surface area (Å²) in [4.78, 5) is 24.6. The zero-order valence-corrected chi connectivity index (χ0v) is 15.8. The Kier molecular flexibility index (Phi) is 6.83. The van der Waals surface area contributed by atoms with Gasteiger partial charge in [0.25, 0.3) is 0 Å². The fourth-order valence-electron chi connectivity index (χ4n) is 4.14. The lowest BCUT2D eigenvalue weighted by molar-refractivity contribution is -0.140. The number of benzene rings is 1. The third kappa shape index (κ3) is 5.28. The van der Waals surface area contributed by atoms with Crippen molar-refractivity contribution in [2.75, 3.05) is 19.8 Å². The number of halogens is 1. The Morgan fingerprint density at radius 2 is 1.63 bits per heavy atom. The largest absolute Gasteiger partial charge is 0.381 e. The lowest BCUT2D eigenvalue weighted by Crippen LogP contribution is -2.50. The molecule has 0 bridgehead atoms. The second kappa shape index (κ2) is 9.31. The summed E-state index contributed by atoms with van der Waals surface area (Å²) in [6.07, 6.45) is 7.92. The Morgan fingerprint density at radius 3 is 2.26 bits per heavy atom. The van der Waals surface area contributed by atoms with Gasteiger partial charge in [0, 0.05) is 31.2 Å². The van der Waals surface area contributed by atoms with E-state index in [0.29, 0.717) is 19.8 Å². The monoisotopic (exact) mass is 376 g/mol. The normalized spacial score (nSPS) is 20.5. The van der Waals surface area contributed by atoms with E-state index >= 15 is 0 Å². The highest BCUT2D eigenvalue weighted by Crippen LogP contribution is 2.34. The van der Waals surface area contributed by atoms with Crippen molar-refractivity contribution in [3.63, 3.8) is 0 Å². The smallest absolute Gasteiger partial charge is 0.309 e. The van der Waals surface area contributed by atoms with Crippen molar-refractivity contribution in [3.05, 3.63) is 35.6 Å². The molecule has 5 nitrogen and oxygen atoms in total. The van der Waals surface area contributed by atoms with E-state index in [1.165, 1.54) is 25.0 Å². The van der Waals surface area contributed by atoms with Gasteiger partial charge in [0.15, 0.2) is 0 Å². The molecule has 148 valence electrons. The minimum atomic E-state index is -0.591. The van der Waals surface area contributed by atoms with Gasteiger partial charge in [0.1, 0.15) is 5.82 Å². The topological polar surface area (TPSA) is 67.4 Å². The van der Waals surface area contributed by atoms with Gasteiger partial charge in [-0.3, -0.25) is 9.59 Å². The zero-order valence-electron chi connectivity index (χ0n) is 15.8. The number of hydrogen-bond donors (Lipinski definition) is 2. The molecule has 2 N–H and O–H groups in total. The summed E-state index contributed by atoms with van der Waals surface area (Å²) < 4.78 is 18.8. The van der Waals surface area contributed by atoms with E-state index in [1.807, 2.05) is 0 Å². The van der Waals surface area contributed by atoms with Gasteiger partial charge in [-0.05, 0) is 43.4 Å². The second-order valence-electron chi connectivity index (χ2n) is 7.74. The third-order valence-electron chi connectivity index (χ3n) is 5.89. The summed E-state index contributed by atoms with van der Waals surface area (Å²) in [7, 11) is 0. The molecule has 0 aromatic heterocycles. The molecule has 1 heterocycles. The summed E-state index contributed by atoms with van der Waals surface area (Å²) in [5, 5.41) is 5.69. The first kappa shape index (κ1) is 19.8. The minimum absolute atomic E-state index is 0.0971. The van der Waals surface area contributed by atoms with E-state index in [4.69, 9.17) is 4.74 Å². The molecule has 1 aliphatic heterocycles. The molecule has 0 unspecified atom stereocenters. The van der Waals surface area contributed by atoms with Crippen LogP contribution >= 0.6 is 0 Å². The Hall–Kier alpha value is -1.95. The molecule has 1 saturated heterocycles. The van der Waals surface area contributed by atoms with Crippen LogP contribution in [0, 0.1) is 5.82 Å². The van der Waals surface area contributed by atoms with Crippen LogP contribution in [-0.4, -0.2) is 37.6 Å². The van der Waals surface area contributed by atoms with Crippen molar-refractivity contribution in [2.24, 2.45) is 0 Å². The number of hydrogen-bond acceptors (Lipinski definition) is 3. The number of carbonyl (C=O) groups excluding carboxylic acids is 2. The molecule has 1 saturated carbocycles. The van der Waals surface area contributed by atoms with Crippen molar-refractivity contribution < 1.29 is 18.7 Å². The van der Waals surface area contributed by atoms with Crippen LogP contribution in [-0.2, 0) is 19.7 Å². The van der Waals surface area contributed by atoms with Gasteiger partial charge in [0.2, 0.25) is 0 Å². The SMILES string of the molecule is O=C(NCC1(c2ccc(F)cc2)CCOCC1)C(=O)NC1CCCCCC1. The molecule has 2 aliphatic rings.